The average molecular weight is 319 g/mol. The Balaban J connectivity index is 0.00000220. The first-order chi connectivity index (χ1) is 9.65. The molecule has 1 aromatic carbocycles. The van der Waals surface area contributed by atoms with Gasteiger partial charge in [-0.2, -0.15) is 8.78 Å². The summed E-state index contributed by atoms with van der Waals surface area (Å²) in [5, 5.41) is 5.95. The number of alkyl halides is 2. The van der Waals surface area contributed by atoms with Crippen LogP contribution in [0.4, 0.5) is 8.78 Å². The number of nitrogens with one attached hydrogen (secondary N) is 2. The quantitative estimate of drug-likeness (QED) is 0.819. The first kappa shape index (κ1) is 17.4. The summed E-state index contributed by atoms with van der Waals surface area (Å²) in [7, 11) is 0. The van der Waals surface area contributed by atoms with Gasteiger partial charge in [-0.15, -0.1) is 12.4 Å². The number of carbonyl (C=O) groups is 1. The highest BCUT2D eigenvalue weighted by atomic mass is 35.5. The van der Waals surface area contributed by atoms with Crippen molar-refractivity contribution < 1.29 is 18.3 Å². The Morgan fingerprint density at radius 3 is 2.90 bits per heavy atom. The van der Waals surface area contributed by atoms with Gasteiger partial charge in [0.25, 0.3) is 5.91 Å². The van der Waals surface area contributed by atoms with Gasteiger partial charge in [-0.3, -0.25) is 4.79 Å². The lowest BCUT2D eigenvalue weighted by molar-refractivity contribution is -0.0498. The van der Waals surface area contributed by atoms with Gasteiger partial charge < -0.3 is 15.4 Å². The van der Waals surface area contributed by atoms with Gasteiger partial charge in [0.05, 0.1) is 0 Å². The lowest BCUT2D eigenvalue weighted by Gasteiger charge is -2.14. The number of hydrogen-bond donors (Lipinski definition) is 2. The number of benzene rings is 1. The fraction of sp³-hybridized carbons (Fsp3) is 0.357. The van der Waals surface area contributed by atoms with E-state index in [1.165, 1.54) is 18.2 Å². The van der Waals surface area contributed by atoms with Gasteiger partial charge in [-0.05, 0) is 31.2 Å². The first-order valence-corrected chi connectivity index (χ1v) is 6.37. The second-order valence-electron chi connectivity index (χ2n) is 4.41. The topological polar surface area (TPSA) is 50.4 Å². The molecule has 0 fully saturated rings. The summed E-state index contributed by atoms with van der Waals surface area (Å²) in [6.07, 6.45) is 2.94. The Morgan fingerprint density at radius 2 is 2.24 bits per heavy atom. The normalized spacial score (nSPS) is 14.1. The standard InChI is InChI=1S/C14H16F2N2O2.ClH/c15-14(16)20-12-3-1-2-11(8-12)13(19)18-9-10-4-6-17-7-5-10;/h1-4,8,14,17H,5-7,9H2,(H,18,19);1H. The molecule has 1 amide bonds. The molecule has 0 spiro atoms. The predicted molar refractivity (Wildman–Crippen MR) is 78.2 cm³/mol. The second-order valence-corrected chi connectivity index (χ2v) is 4.41. The third kappa shape index (κ3) is 5.69. The van der Waals surface area contributed by atoms with Crippen molar-refractivity contribution >= 4 is 18.3 Å². The molecule has 0 atom stereocenters. The molecule has 4 nitrogen and oxygen atoms in total. The molecule has 0 saturated carbocycles. The van der Waals surface area contributed by atoms with Crippen LogP contribution in [0, 0.1) is 0 Å². The van der Waals surface area contributed by atoms with Gasteiger partial charge in [-0.25, -0.2) is 0 Å². The largest absolute Gasteiger partial charge is 0.435 e. The van der Waals surface area contributed by atoms with Crippen molar-refractivity contribution in [1.29, 1.82) is 0 Å². The van der Waals surface area contributed by atoms with Crippen LogP contribution in [-0.4, -0.2) is 32.2 Å². The van der Waals surface area contributed by atoms with E-state index in [-0.39, 0.29) is 24.1 Å². The number of halogens is 3. The zero-order chi connectivity index (χ0) is 14.4. The van der Waals surface area contributed by atoms with Crippen LogP contribution < -0.4 is 15.4 Å². The molecule has 116 valence electrons. The van der Waals surface area contributed by atoms with Crippen molar-refractivity contribution in [1.82, 2.24) is 10.6 Å². The minimum Gasteiger partial charge on any atom is -0.435 e. The molecule has 0 bridgehead atoms. The molecular weight excluding hydrogens is 302 g/mol. The summed E-state index contributed by atoms with van der Waals surface area (Å²) < 4.78 is 28.5. The number of hydrogen-bond acceptors (Lipinski definition) is 3. The van der Waals surface area contributed by atoms with E-state index in [9.17, 15) is 13.6 Å². The van der Waals surface area contributed by atoms with Gasteiger partial charge in [-0.1, -0.05) is 17.7 Å². The van der Waals surface area contributed by atoms with Crippen molar-refractivity contribution in [3.8, 4) is 5.75 Å². The Labute approximate surface area is 128 Å². The molecule has 1 aliphatic heterocycles. The predicted octanol–water partition coefficient (Wildman–Crippen LogP) is 2.36. The summed E-state index contributed by atoms with van der Waals surface area (Å²) in [6.45, 7) is -0.712. The fourth-order valence-electron chi connectivity index (χ4n) is 1.94. The summed E-state index contributed by atoms with van der Waals surface area (Å²) >= 11 is 0. The fourth-order valence-corrected chi connectivity index (χ4v) is 1.94. The molecule has 2 rings (SSSR count). The molecular formula is C14H17ClF2N2O2. The van der Waals surface area contributed by atoms with Crippen LogP contribution >= 0.6 is 12.4 Å². The van der Waals surface area contributed by atoms with Crippen LogP contribution in [-0.2, 0) is 0 Å². The highest BCUT2D eigenvalue weighted by molar-refractivity contribution is 5.94. The Kier molecular flexibility index (Phi) is 7.11. The van der Waals surface area contributed by atoms with Crippen molar-refractivity contribution in [3.63, 3.8) is 0 Å². The molecule has 21 heavy (non-hydrogen) atoms. The summed E-state index contributed by atoms with van der Waals surface area (Å²) in [5.41, 5.74) is 1.47. The minimum absolute atomic E-state index is 0. The molecule has 7 heteroatoms. The zero-order valence-electron chi connectivity index (χ0n) is 11.3. The van der Waals surface area contributed by atoms with E-state index in [1.807, 2.05) is 6.08 Å². The maximum absolute atomic E-state index is 12.1. The molecule has 0 aliphatic carbocycles. The van der Waals surface area contributed by atoms with Crippen molar-refractivity contribution in [2.45, 2.75) is 13.0 Å². The molecule has 1 heterocycles. The Morgan fingerprint density at radius 1 is 1.43 bits per heavy atom. The summed E-state index contributed by atoms with van der Waals surface area (Å²) in [5.74, 6) is -0.321. The smallest absolute Gasteiger partial charge is 0.387 e. The van der Waals surface area contributed by atoms with Crippen molar-refractivity contribution in [2.24, 2.45) is 0 Å². The van der Waals surface area contributed by atoms with Crippen molar-refractivity contribution in [3.05, 3.63) is 41.5 Å². The Bertz CT molecular complexity index is 510. The lowest BCUT2D eigenvalue weighted by atomic mass is 10.1. The number of carbonyl (C=O) groups excluding carboxylic acids is 1. The van der Waals surface area contributed by atoms with Crippen LogP contribution in [0.15, 0.2) is 35.9 Å². The summed E-state index contributed by atoms with van der Waals surface area (Å²) in [4.78, 5) is 11.9. The van der Waals surface area contributed by atoms with Gasteiger partial charge in [0.15, 0.2) is 0 Å². The van der Waals surface area contributed by atoms with E-state index >= 15 is 0 Å². The maximum atomic E-state index is 12.1. The third-order valence-electron chi connectivity index (χ3n) is 2.96. The van der Waals surface area contributed by atoms with E-state index < -0.39 is 6.61 Å². The molecule has 1 aliphatic rings. The van der Waals surface area contributed by atoms with Gasteiger partial charge in [0.1, 0.15) is 5.75 Å². The van der Waals surface area contributed by atoms with Gasteiger partial charge >= 0.3 is 6.61 Å². The van der Waals surface area contributed by atoms with Gasteiger partial charge in [0, 0.05) is 18.7 Å². The molecule has 2 N–H and O–H groups in total. The van der Waals surface area contributed by atoms with Crippen LogP contribution in [0.3, 0.4) is 0 Å². The van der Waals surface area contributed by atoms with E-state index in [4.69, 9.17) is 0 Å². The van der Waals surface area contributed by atoms with Gasteiger partial charge in [0.2, 0.25) is 0 Å². The van der Waals surface area contributed by atoms with Crippen LogP contribution in [0.25, 0.3) is 0 Å². The SMILES string of the molecule is Cl.O=C(NCC1=CCNCC1)c1cccc(OC(F)F)c1. The maximum Gasteiger partial charge on any atom is 0.387 e. The van der Waals surface area contributed by atoms with E-state index in [1.54, 1.807) is 6.07 Å². The summed E-state index contributed by atoms with van der Waals surface area (Å²) in [6, 6.07) is 5.76. The second kappa shape index (κ2) is 8.59. The molecule has 0 radical (unpaired) electrons. The monoisotopic (exact) mass is 318 g/mol. The Hall–Kier alpha value is -1.66. The molecule has 0 unspecified atom stereocenters. The molecule has 0 saturated heterocycles. The number of amides is 1. The molecule has 0 aromatic heterocycles. The minimum atomic E-state index is -2.90. The first-order valence-electron chi connectivity index (χ1n) is 6.37. The van der Waals surface area contributed by atoms with E-state index in [0.717, 1.165) is 25.1 Å². The highest BCUT2D eigenvalue weighted by Crippen LogP contribution is 2.16. The van der Waals surface area contributed by atoms with Crippen LogP contribution in [0.2, 0.25) is 0 Å². The zero-order valence-corrected chi connectivity index (χ0v) is 12.1. The third-order valence-corrected chi connectivity index (χ3v) is 2.96. The van der Waals surface area contributed by atoms with Crippen molar-refractivity contribution in [2.75, 3.05) is 19.6 Å². The highest BCUT2D eigenvalue weighted by Gasteiger charge is 2.10. The average Bonchev–Trinajstić information content (AvgIpc) is 2.45. The van der Waals surface area contributed by atoms with Crippen LogP contribution in [0.1, 0.15) is 16.8 Å². The lowest BCUT2D eigenvalue weighted by Crippen LogP contribution is -2.29. The number of ether oxygens (including phenoxy) is 1. The molecule has 1 aromatic rings. The van der Waals surface area contributed by atoms with E-state index in [0.29, 0.717) is 12.1 Å². The van der Waals surface area contributed by atoms with E-state index in [2.05, 4.69) is 15.4 Å². The van der Waals surface area contributed by atoms with Crippen LogP contribution in [0.5, 0.6) is 5.75 Å². The number of rotatable bonds is 5.